The van der Waals surface area contributed by atoms with Gasteiger partial charge in [-0.1, -0.05) is 26.0 Å². The normalized spacial score (nSPS) is 30.6. The molecule has 14 nitrogen and oxygen atoms in total. The molecule has 7 atom stereocenters. The van der Waals surface area contributed by atoms with Gasteiger partial charge in [0.05, 0.1) is 23.8 Å². The molecule has 0 spiro atoms. The Bertz CT molecular complexity index is 1890. The van der Waals surface area contributed by atoms with Crippen LogP contribution in [0.5, 0.6) is 11.6 Å². The third kappa shape index (κ3) is 7.19. The molecule has 1 aromatic carbocycles. The van der Waals surface area contributed by atoms with Crippen LogP contribution in [0.15, 0.2) is 36.5 Å². The number of aromatic nitrogens is 1. The Morgan fingerprint density at radius 1 is 1.16 bits per heavy atom. The summed E-state index contributed by atoms with van der Waals surface area (Å²) in [5.41, 5.74) is -1.58. The number of benzene rings is 1. The predicted octanol–water partition coefficient (Wildman–Crippen LogP) is 3.25. The molecule has 51 heavy (non-hydrogen) atoms. The Hall–Kier alpha value is -4.47. The topological polar surface area (TPSA) is 193 Å². The molecule has 4 amide bonds. The molecule has 2 aliphatic heterocycles. The van der Waals surface area contributed by atoms with E-state index in [1.807, 2.05) is 19.1 Å². The Morgan fingerprint density at radius 3 is 2.59 bits per heavy atom. The van der Waals surface area contributed by atoms with E-state index in [-0.39, 0.29) is 36.9 Å². The molecule has 2 aromatic rings. The van der Waals surface area contributed by atoms with Gasteiger partial charge < -0.3 is 30.1 Å². The minimum absolute atomic E-state index is 0.0373. The first-order valence-electron chi connectivity index (χ1n) is 17.2. The lowest BCUT2D eigenvalue weighted by molar-refractivity contribution is -0.142. The number of halogens is 1. The van der Waals surface area contributed by atoms with Gasteiger partial charge >= 0.3 is 6.09 Å². The molecule has 1 aromatic heterocycles. The van der Waals surface area contributed by atoms with Gasteiger partial charge in [0.2, 0.25) is 27.7 Å². The van der Waals surface area contributed by atoms with Crippen LogP contribution in [-0.4, -0.2) is 89.4 Å². The molecule has 6 rings (SSSR count). The highest BCUT2D eigenvalue weighted by atomic mass is 32.2. The van der Waals surface area contributed by atoms with Crippen molar-refractivity contribution in [3.05, 3.63) is 42.4 Å². The van der Waals surface area contributed by atoms with E-state index in [2.05, 4.69) is 20.3 Å². The number of hydrogen-bond donors (Lipinski definition) is 4. The van der Waals surface area contributed by atoms with Crippen LogP contribution in [0.25, 0.3) is 10.8 Å². The van der Waals surface area contributed by atoms with Crippen LogP contribution in [0, 0.1) is 23.6 Å². The molecular formula is C35H44FN5O9S. The minimum Gasteiger partial charge on any atom is -0.496 e. The third-order valence-corrected chi connectivity index (χ3v) is 13.0. The number of methoxy groups -OCH3 is 1. The third-order valence-electron chi connectivity index (χ3n) is 10.8. The minimum atomic E-state index is -4.02. The van der Waals surface area contributed by atoms with Gasteiger partial charge in [0, 0.05) is 30.0 Å². The van der Waals surface area contributed by atoms with Gasteiger partial charge in [-0.2, -0.15) is 0 Å². The number of allylic oxidation sites excluding steroid dienone is 1. The first-order chi connectivity index (χ1) is 24.1. The van der Waals surface area contributed by atoms with Crippen LogP contribution in [0.2, 0.25) is 0 Å². The van der Waals surface area contributed by atoms with E-state index in [1.54, 1.807) is 19.9 Å². The number of rotatable bonds is 7. The van der Waals surface area contributed by atoms with E-state index in [9.17, 15) is 37.1 Å². The van der Waals surface area contributed by atoms with Crippen molar-refractivity contribution in [3.63, 3.8) is 0 Å². The summed E-state index contributed by atoms with van der Waals surface area (Å²) in [6, 6.07) is 1.66. The number of carbonyl (C=O) groups excluding carboxylic acids is 3. The lowest BCUT2D eigenvalue weighted by atomic mass is 9.88. The SMILES string of the molecule is COc1cc(F)cc2c(O[C@@H]3C[C@H]4C(=O)N[C@]5(C(=O)NS(=O)(=O)C6(C)CC6)C[C@H]5C=CCC[C@H](C)C[C@@H](C)[C@H](NC(=O)O)C(=O)N4C3)nccc12. The second kappa shape index (κ2) is 13.6. The molecule has 16 heteroatoms. The molecule has 2 saturated carbocycles. The van der Waals surface area contributed by atoms with Crippen molar-refractivity contribution in [3.8, 4) is 11.6 Å². The van der Waals surface area contributed by atoms with Crippen LogP contribution >= 0.6 is 0 Å². The molecule has 1 saturated heterocycles. The van der Waals surface area contributed by atoms with Crippen molar-refractivity contribution >= 4 is 44.6 Å². The second-order valence-corrected chi connectivity index (χ2v) is 16.9. The fourth-order valence-corrected chi connectivity index (χ4v) is 8.65. The van der Waals surface area contributed by atoms with Crippen LogP contribution in [0.4, 0.5) is 9.18 Å². The standard InChI is InChI=1S/C35H44FN5O9S/c1-19-7-5-6-8-21-17-35(21,32(44)40-51(47,48)34(3)10-11-34)39-29(42)26-16-23(18-41(26)31(43)28(20(2)13-19)38-33(45)46)50-30-25-14-22(36)15-27(49-4)24(25)9-12-37-30/h6,8-9,12,14-15,19-21,23,26,28,38H,5,7,10-11,13,16-18H2,1-4H3,(H,39,42)(H,40,44)(H,45,46)/t19-,20+,21+,23+,26-,28-,35+/m0/s1. The predicted molar refractivity (Wildman–Crippen MR) is 183 cm³/mol. The fraction of sp³-hybridized carbons (Fsp3) is 0.571. The Morgan fingerprint density at radius 2 is 1.90 bits per heavy atom. The van der Waals surface area contributed by atoms with Crippen molar-refractivity contribution in [2.24, 2.45) is 17.8 Å². The Labute approximate surface area is 295 Å². The molecule has 0 unspecified atom stereocenters. The average Bonchev–Trinajstić information content (AvgIpc) is 3.95. The zero-order valence-corrected chi connectivity index (χ0v) is 29.8. The number of nitrogens with one attached hydrogen (secondary N) is 3. The van der Waals surface area contributed by atoms with E-state index in [0.29, 0.717) is 42.9 Å². The Balaban J connectivity index is 1.35. The van der Waals surface area contributed by atoms with Gasteiger partial charge in [0.25, 0.3) is 5.91 Å². The molecule has 0 radical (unpaired) electrons. The number of carboxylic acid groups (broad SMARTS) is 1. The van der Waals surface area contributed by atoms with Gasteiger partial charge in [-0.15, -0.1) is 0 Å². The molecule has 4 aliphatic rings. The van der Waals surface area contributed by atoms with Crippen LogP contribution < -0.4 is 24.8 Å². The summed E-state index contributed by atoms with van der Waals surface area (Å²) >= 11 is 0. The molecule has 2 aliphatic carbocycles. The van der Waals surface area contributed by atoms with E-state index in [4.69, 9.17) is 9.47 Å². The van der Waals surface area contributed by atoms with Gasteiger partial charge in [-0.25, -0.2) is 22.6 Å². The number of ether oxygens (including phenoxy) is 2. The van der Waals surface area contributed by atoms with Crippen LogP contribution in [0.3, 0.4) is 0 Å². The summed E-state index contributed by atoms with van der Waals surface area (Å²) in [6.45, 7) is 5.18. The second-order valence-electron chi connectivity index (χ2n) is 14.7. The summed E-state index contributed by atoms with van der Waals surface area (Å²) < 4.78 is 53.4. The molecule has 4 N–H and O–H groups in total. The molecular weight excluding hydrogens is 685 g/mol. The van der Waals surface area contributed by atoms with Crippen LogP contribution in [0.1, 0.15) is 65.7 Å². The van der Waals surface area contributed by atoms with Gasteiger partial charge in [0.15, 0.2) is 0 Å². The van der Waals surface area contributed by atoms with Crippen molar-refractivity contribution in [2.45, 2.75) is 94.2 Å². The molecule has 3 heterocycles. The highest BCUT2D eigenvalue weighted by molar-refractivity contribution is 7.91. The van der Waals surface area contributed by atoms with Crippen molar-refractivity contribution in [1.82, 2.24) is 25.2 Å². The molecule has 3 fully saturated rings. The van der Waals surface area contributed by atoms with E-state index >= 15 is 0 Å². The lowest BCUT2D eigenvalue weighted by Gasteiger charge is -2.32. The Kier molecular flexibility index (Phi) is 9.67. The van der Waals surface area contributed by atoms with Crippen molar-refractivity contribution in [2.75, 3.05) is 13.7 Å². The number of sulfonamides is 1. The van der Waals surface area contributed by atoms with E-state index in [1.165, 1.54) is 30.3 Å². The number of nitrogens with zero attached hydrogens (tertiary/aromatic N) is 2. The van der Waals surface area contributed by atoms with Crippen molar-refractivity contribution < 1.29 is 46.6 Å². The van der Waals surface area contributed by atoms with Gasteiger partial charge in [-0.05, 0) is 69.4 Å². The number of carbonyl (C=O) groups is 4. The molecule has 276 valence electrons. The van der Waals surface area contributed by atoms with E-state index in [0.717, 1.165) is 0 Å². The summed E-state index contributed by atoms with van der Waals surface area (Å²) in [5, 5.41) is 15.7. The average molecular weight is 730 g/mol. The highest BCUT2D eigenvalue weighted by Gasteiger charge is 2.63. The number of fused-ring (bicyclic) bond motifs is 3. The van der Waals surface area contributed by atoms with Crippen molar-refractivity contribution in [1.29, 1.82) is 0 Å². The maximum atomic E-state index is 14.6. The summed E-state index contributed by atoms with van der Waals surface area (Å²) in [4.78, 5) is 59.8. The number of amides is 4. The fourth-order valence-electron chi connectivity index (χ4n) is 7.34. The highest BCUT2D eigenvalue weighted by Crippen LogP contribution is 2.47. The maximum Gasteiger partial charge on any atom is 0.405 e. The van der Waals surface area contributed by atoms with Gasteiger partial charge in [0.1, 0.15) is 35.3 Å². The number of pyridine rings is 1. The number of hydrogen-bond acceptors (Lipinski definition) is 9. The van der Waals surface area contributed by atoms with E-state index < -0.39 is 80.0 Å². The summed E-state index contributed by atoms with van der Waals surface area (Å²) in [5.74, 6) is -3.37. The monoisotopic (exact) mass is 729 g/mol. The largest absolute Gasteiger partial charge is 0.496 e. The smallest absolute Gasteiger partial charge is 0.405 e. The summed E-state index contributed by atoms with van der Waals surface area (Å²) in [6.07, 6.45) is 5.66. The van der Waals surface area contributed by atoms with Crippen LogP contribution in [-0.2, 0) is 24.4 Å². The lowest BCUT2D eigenvalue weighted by Crippen LogP contribution is -2.59. The maximum absolute atomic E-state index is 14.6. The first kappa shape index (κ1) is 36.3. The molecule has 0 bridgehead atoms. The first-order valence-corrected chi connectivity index (χ1v) is 18.7. The zero-order valence-electron chi connectivity index (χ0n) is 29.0. The zero-order chi connectivity index (χ0) is 36.9. The quantitative estimate of drug-likeness (QED) is 0.308. The summed E-state index contributed by atoms with van der Waals surface area (Å²) in [7, 11) is -2.62. The van der Waals surface area contributed by atoms with Gasteiger partial charge in [-0.3, -0.25) is 19.1 Å².